The maximum Gasteiger partial charge on any atom is 0.234 e. The molecule has 0 heterocycles. The molecule has 1 saturated carbocycles. The Kier molecular flexibility index (Phi) is 5.81. The third-order valence-corrected chi connectivity index (χ3v) is 4.08. The van der Waals surface area contributed by atoms with Gasteiger partial charge in [-0.15, -0.1) is 12.4 Å². The Morgan fingerprint density at radius 3 is 2.68 bits per heavy atom. The van der Waals surface area contributed by atoms with E-state index in [-0.39, 0.29) is 24.4 Å². The van der Waals surface area contributed by atoms with Crippen LogP contribution in [0.5, 0.6) is 0 Å². The van der Waals surface area contributed by atoms with Gasteiger partial charge in [0.25, 0.3) is 0 Å². The van der Waals surface area contributed by atoms with Gasteiger partial charge < -0.3 is 10.6 Å². The van der Waals surface area contributed by atoms with Crippen molar-refractivity contribution in [3.63, 3.8) is 0 Å². The minimum absolute atomic E-state index is 0. The van der Waals surface area contributed by atoms with E-state index in [9.17, 15) is 4.79 Å². The van der Waals surface area contributed by atoms with Crippen molar-refractivity contribution in [3.05, 3.63) is 48.0 Å². The van der Waals surface area contributed by atoms with Gasteiger partial charge in [-0.1, -0.05) is 42.5 Å². The summed E-state index contributed by atoms with van der Waals surface area (Å²) in [6.45, 7) is 3.42. The van der Waals surface area contributed by atoms with Gasteiger partial charge in [-0.2, -0.15) is 0 Å². The molecule has 2 N–H and O–H groups in total. The van der Waals surface area contributed by atoms with Crippen LogP contribution >= 0.6 is 12.4 Å². The van der Waals surface area contributed by atoms with Gasteiger partial charge in [-0.25, -0.2) is 0 Å². The maximum absolute atomic E-state index is 12.0. The van der Waals surface area contributed by atoms with Gasteiger partial charge in [0.15, 0.2) is 0 Å². The van der Waals surface area contributed by atoms with Crippen molar-refractivity contribution in [2.24, 2.45) is 5.92 Å². The lowest BCUT2D eigenvalue weighted by Crippen LogP contribution is -2.36. The van der Waals surface area contributed by atoms with Crippen LogP contribution in [0.3, 0.4) is 0 Å². The number of amides is 1. The fourth-order valence-corrected chi connectivity index (χ4v) is 2.71. The molecule has 0 bridgehead atoms. The number of halogens is 1. The lowest BCUT2D eigenvalue weighted by Gasteiger charge is -2.17. The molecule has 0 radical (unpaired) electrons. The first-order valence-electron chi connectivity index (χ1n) is 7.72. The van der Waals surface area contributed by atoms with Crippen molar-refractivity contribution in [3.8, 4) is 0 Å². The van der Waals surface area contributed by atoms with E-state index in [4.69, 9.17) is 0 Å². The van der Waals surface area contributed by atoms with Crippen molar-refractivity contribution in [2.45, 2.75) is 25.8 Å². The summed E-state index contributed by atoms with van der Waals surface area (Å²) in [7, 11) is 0. The molecule has 0 saturated heterocycles. The highest BCUT2D eigenvalue weighted by Gasteiger charge is 2.20. The molecule has 4 heteroatoms. The van der Waals surface area contributed by atoms with E-state index in [1.807, 2.05) is 25.1 Å². The molecule has 2 aromatic rings. The van der Waals surface area contributed by atoms with Crippen LogP contribution in [0.15, 0.2) is 42.5 Å². The molecule has 1 fully saturated rings. The normalized spacial score (nSPS) is 15.1. The summed E-state index contributed by atoms with van der Waals surface area (Å²) in [5, 5.41) is 8.73. The zero-order chi connectivity index (χ0) is 14.7. The van der Waals surface area contributed by atoms with Gasteiger partial charge >= 0.3 is 0 Å². The number of hydrogen-bond acceptors (Lipinski definition) is 2. The fourth-order valence-electron chi connectivity index (χ4n) is 2.71. The molecule has 1 aliphatic rings. The van der Waals surface area contributed by atoms with Crippen LogP contribution in [0.2, 0.25) is 0 Å². The van der Waals surface area contributed by atoms with Crippen molar-refractivity contribution >= 4 is 29.1 Å². The number of hydrogen-bond donors (Lipinski definition) is 2. The zero-order valence-electron chi connectivity index (χ0n) is 12.8. The Morgan fingerprint density at radius 1 is 1.18 bits per heavy atom. The first-order valence-corrected chi connectivity index (χ1v) is 7.72. The van der Waals surface area contributed by atoms with Crippen LogP contribution in [0.25, 0.3) is 10.8 Å². The molecular formula is C18H23ClN2O. The highest BCUT2D eigenvalue weighted by molar-refractivity contribution is 5.87. The second-order valence-electron chi connectivity index (χ2n) is 5.93. The fraction of sp³-hybridized carbons (Fsp3) is 0.389. The highest BCUT2D eigenvalue weighted by atomic mass is 35.5. The van der Waals surface area contributed by atoms with Crippen molar-refractivity contribution < 1.29 is 4.79 Å². The molecule has 22 heavy (non-hydrogen) atoms. The van der Waals surface area contributed by atoms with Crippen LogP contribution in [-0.4, -0.2) is 19.0 Å². The van der Waals surface area contributed by atoms with Gasteiger partial charge in [0.2, 0.25) is 5.91 Å². The SMILES string of the molecule is CC(NC(=O)CNCC1CC1)c1cccc2ccccc12.Cl. The standard InChI is InChI=1S/C18H22N2O.ClH/c1-13(20-18(21)12-19-11-14-9-10-14)16-8-4-6-15-5-2-3-7-17(15)16;/h2-8,13-14,19H,9-12H2,1H3,(H,20,21);1H. The Labute approximate surface area is 137 Å². The van der Waals surface area contributed by atoms with E-state index in [1.165, 1.54) is 29.2 Å². The summed E-state index contributed by atoms with van der Waals surface area (Å²) < 4.78 is 0. The number of fused-ring (bicyclic) bond motifs is 1. The lowest BCUT2D eigenvalue weighted by molar-refractivity contribution is -0.120. The molecule has 1 atom stereocenters. The van der Waals surface area contributed by atoms with Gasteiger partial charge in [-0.05, 0) is 48.6 Å². The molecule has 1 aliphatic carbocycles. The average molecular weight is 319 g/mol. The zero-order valence-corrected chi connectivity index (χ0v) is 13.7. The Bertz CT molecular complexity index is 635. The molecule has 0 spiro atoms. The molecule has 0 aromatic heterocycles. The Morgan fingerprint density at radius 2 is 1.91 bits per heavy atom. The van der Waals surface area contributed by atoms with E-state index in [1.54, 1.807) is 0 Å². The van der Waals surface area contributed by atoms with E-state index in [2.05, 4.69) is 34.9 Å². The number of rotatable bonds is 6. The molecule has 2 aromatic carbocycles. The van der Waals surface area contributed by atoms with Crippen LogP contribution in [0.1, 0.15) is 31.4 Å². The first kappa shape index (κ1) is 16.8. The molecule has 118 valence electrons. The summed E-state index contributed by atoms with van der Waals surface area (Å²) in [5.41, 5.74) is 1.17. The molecular weight excluding hydrogens is 296 g/mol. The van der Waals surface area contributed by atoms with Crippen LogP contribution < -0.4 is 10.6 Å². The maximum atomic E-state index is 12.0. The Balaban J connectivity index is 0.00000176. The van der Waals surface area contributed by atoms with Crippen LogP contribution in [0.4, 0.5) is 0 Å². The summed E-state index contributed by atoms with van der Waals surface area (Å²) in [5.74, 6) is 0.865. The molecule has 3 rings (SSSR count). The second-order valence-corrected chi connectivity index (χ2v) is 5.93. The quantitative estimate of drug-likeness (QED) is 0.856. The third-order valence-electron chi connectivity index (χ3n) is 4.08. The first-order chi connectivity index (χ1) is 10.2. The van der Waals surface area contributed by atoms with Crippen molar-refractivity contribution in [2.75, 3.05) is 13.1 Å². The van der Waals surface area contributed by atoms with Gasteiger partial charge in [0, 0.05) is 0 Å². The van der Waals surface area contributed by atoms with E-state index in [0.717, 1.165) is 12.5 Å². The number of nitrogens with one attached hydrogen (secondary N) is 2. The van der Waals surface area contributed by atoms with Crippen LogP contribution in [0, 0.1) is 5.92 Å². The molecule has 3 nitrogen and oxygen atoms in total. The van der Waals surface area contributed by atoms with Crippen molar-refractivity contribution in [1.82, 2.24) is 10.6 Å². The predicted octanol–water partition coefficient (Wildman–Crippen LogP) is 3.44. The van der Waals surface area contributed by atoms with Gasteiger partial charge in [-0.3, -0.25) is 4.79 Å². The number of carbonyl (C=O) groups is 1. The molecule has 1 unspecified atom stereocenters. The predicted molar refractivity (Wildman–Crippen MR) is 93.3 cm³/mol. The summed E-state index contributed by atoms with van der Waals surface area (Å²) >= 11 is 0. The average Bonchev–Trinajstić information content (AvgIpc) is 3.30. The third kappa shape index (κ3) is 4.21. The Hall–Kier alpha value is -1.58. The van der Waals surface area contributed by atoms with E-state index >= 15 is 0 Å². The largest absolute Gasteiger partial charge is 0.348 e. The second kappa shape index (κ2) is 7.61. The lowest BCUT2D eigenvalue weighted by atomic mass is 10.00. The van der Waals surface area contributed by atoms with Gasteiger partial charge in [0.1, 0.15) is 0 Å². The number of carbonyl (C=O) groups excluding carboxylic acids is 1. The highest BCUT2D eigenvalue weighted by Crippen LogP contribution is 2.27. The monoisotopic (exact) mass is 318 g/mol. The van der Waals surface area contributed by atoms with Crippen LogP contribution in [-0.2, 0) is 4.79 Å². The molecule has 0 aliphatic heterocycles. The smallest absolute Gasteiger partial charge is 0.234 e. The topological polar surface area (TPSA) is 41.1 Å². The van der Waals surface area contributed by atoms with Crippen molar-refractivity contribution in [1.29, 1.82) is 0 Å². The summed E-state index contributed by atoms with van der Waals surface area (Å²) in [6, 6.07) is 14.5. The number of benzene rings is 2. The summed E-state index contributed by atoms with van der Waals surface area (Å²) in [6.07, 6.45) is 2.61. The minimum Gasteiger partial charge on any atom is -0.348 e. The summed E-state index contributed by atoms with van der Waals surface area (Å²) in [4.78, 5) is 12.0. The van der Waals surface area contributed by atoms with E-state index in [0.29, 0.717) is 6.54 Å². The minimum atomic E-state index is 0. The van der Waals surface area contributed by atoms with E-state index < -0.39 is 0 Å². The van der Waals surface area contributed by atoms with Gasteiger partial charge in [0.05, 0.1) is 12.6 Å². The molecule has 1 amide bonds.